The summed E-state index contributed by atoms with van der Waals surface area (Å²) in [5.41, 5.74) is 0.337. The Bertz CT molecular complexity index is 1030. The number of Topliss-reactive ketones (excluding diaryl/α,β-unsaturated/α-hetero) is 1. The molecule has 11 heteroatoms. The van der Waals surface area contributed by atoms with Gasteiger partial charge in [-0.05, 0) is 32.9 Å². The number of anilines is 1. The lowest BCUT2D eigenvalue weighted by Gasteiger charge is -2.21. The van der Waals surface area contributed by atoms with Crippen LogP contribution in [0.5, 0.6) is 23.0 Å². The number of carbonyl (C=O) groups is 2. The molecule has 1 unspecified atom stereocenters. The molecule has 0 spiro atoms. The molecule has 0 saturated carbocycles. The lowest BCUT2D eigenvalue weighted by Crippen LogP contribution is -2.36. The molecule has 9 nitrogen and oxygen atoms in total. The number of hydrogen-bond donors (Lipinski definition) is 0. The summed E-state index contributed by atoms with van der Waals surface area (Å²) >= 11 is 12.6. The quantitative estimate of drug-likeness (QED) is 0.234. The Morgan fingerprint density at radius 1 is 1.06 bits per heavy atom. The van der Waals surface area contributed by atoms with Gasteiger partial charge in [0.2, 0.25) is 6.04 Å². The fourth-order valence-electron chi connectivity index (χ4n) is 2.78. The van der Waals surface area contributed by atoms with Crippen molar-refractivity contribution >= 4 is 46.4 Å². The summed E-state index contributed by atoms with van der Waals surface area (Å²) in [7, 11) is 2.89. The van der Waals surface area contributed by atoms with Gasteiger partial charge in [0.25, 0.3) is 5.91 Å². The Kier molecular flexibility index (Phi) is 9.74. The molecule has 0 heterocycles. The molecule has 0 fully saturated rings. The summed E-state index contributed by atoms with van der Waals surface area (Å²) in [5.74, 6) is -0.0263. The van der Waals surface area contributed by atoms with Gasteiger partial charge in [0, 0.05) is 23.9 Å². The lowest BCUT2D eigenvalue weighted by atomic mass is 10.2. The topological polar surface area (TPSA) is 99.0 Å². The van der Waals surface area contributed by atoms with Gasteiger partial charge in [0.05, 0.1) is 32.5 Å². The zero-order valence-electron chi connectivity index (χ0n) is 18.9. The van der Waals surface area contributed by atoms with Crippen LogP contribution in [-0.4, -0.2) is 45.2 Å². The first-order valence-corrected chi connectivity index (χ1v) is 10.7. The van der Waals surface area contributed by atoms with Crippen LogP contribution in [0, 0.1) is 0 Å². The summed E-state index contributed by atoms with van der Waals surface area (Å²) in [6, 6.07) is 6.42. The van der Waals surface area contributed by atoms with Crippen LogP contribution in [0.15, 0.2) is 40.6 Å². The van der Waals surface area contributed by atoms with E-state index in [-0.39, 0.29) is 27.9 Å². The Morgan fingerprint density at radius 3 is 2.33 bits per heavy atom. The average molecular weight is 498 g/mol. The number of halogens is 2. The first-order chi connectivity index (χ1) is 15.8. The van der Waals surface area contributed by atoms with Crippen molar-refractivity contribution in [1.82, 2.24) is 0 Å². The zero-order chi connectivity index (χ0) is 24.5. The number of ether oxygens (including phenoxy) is 4. The lowest BCUT2D eigenvalue weighted by molar-refractivity contribution is -0.126. The number of amides is 1. The van der Waals surface area contributed by atoms with Crippen LogP contribution in [-0.2, 0) is 9.59 Å². The van der Waals surface area contributed by atoms with Gasteiger partial charge >= 0.3 is 0 Å². The van der Waals surface area contributed by atoms with Crippen LogP contribution in [0.3, 0.4) is 0 Å². The summed E-state index contributed by atoms with van der Waals surface area (Å²) in [4.78, 5) is 25.4. The van der Waals surface area contributed by atoms with Gasteiger partial charge in [-0.15, -0.1) is 5.11 Å². The molecular formula is C22H25Cl2N3O6. The highest BCUT2D eigenvalue weighted by Gasteiger charge is 2.31. The summed E-state index contributed by atoms with van der Waals surface area (Å²) in [6.07, 6.45) is 0. The van der Waals surface area contributed by atoms with Crippen molar-refractivity contribution in [1.29, 1.82) is 0 Å². The molecule has 0 radical (unpaired) electrons. The third-order valence-electron chi connectivity index (χ3n) is 4.30. The molecule has 1 atom stereocenters. The maximum Gasteiger partial charge on any atom is 0.276 e. The Morgan fingerprint density at radius 2 is 1.76 bits per heavy atom. The molecule has 1 amide bonds. The summed E-state index contributed by atoms with van der Waals surface area (Å²) in [6.45, 7) is 5.50. The molecule has 2 aromatic rings. The molecule has 0 aliphatic carbocycles. The average Bonchev–Trinajstić information content (AvgIpc) is 2.80. The maximum atomic E-state index is 13.1. The number of rotatable bonds is 11. The van der Waals surface area contributed by atoms with E-state index < -0.39 is 17.7 Å². The first kappa shape index (κ1) is 26.2. The molecule has 0 bridgehead atoms. The molecular weight excluding hydrogens is 473 g/mol. The molecule has 178 valence electrons. The van der Waals surface area contributed by atoms with Crippen LogP contribution in [0.2, 0.25) is 5.02 Å². The number of carbonyl (C=O) groups excluding carboxylic acids is 2. The second kappa shape index (κ2) is 12.3. The smallest absolute Gasteiger partial charge is 0.276 e. The molecule has 0 aliphatic heterocycles. The highest BCUT2D eigenvalue weighted by Crippen LogP contribution is 2.41. The maximum absolute atomic E-state index is 13.1. The first-order valence-electron chi connectivity index (χ1n) is 10.00. The van der Waals surface area contributed by atoms with Gasteiger partial charge in [-0.1, -0.05) is 17.7 Å². The van der Waals surface area contributed by atoms with E-state index in [0.29, 0.717) is 24.7 Å². The van der Waals surface area contributed by atoms with E-state index in [1.54, 1.807) is 31.2 Å². The number of hydrogen-bond acceptors (Lipinski definition) is 8. The van der Waals surface area contributed by atoms with Gasteiger partial charge in [-0.3, -0.25) is 9.59 Å². The fourth-order valence-corrected chi connectivity index (χ4v) is 3.25. The van der Waals surface area contributed by atoms with Gasteiger partial charge in [-0.25, -0.2) is 4.42 Å². The standard InChI is InChI=1S/C22H25Cl2N3O6/c1-6-32-17-10-8-9-16(21(17)33-7-2)27(24)22(29)19(13(3)28)25-26-20-15(23)11-14(30-4)12-18(20)31-5/h8-12,19H,6-7H2,1-5H3. The molecule has 0 N–H and O–H groups in total. The van der Waals surface area contributed by atoms with Crippen LogP contribution < -0.4 is 23.4 Å². The Hall–Kier alpha value is -3.04. The van der Waals surface area contributed by atoms with Crippen molar-refractivity contribution in [2.45, 2.75) is 26.8 Å². The third kappa shape index (κ3) is 6.27. The monoisotopic (exact) mass is 497 g/mol. The van der Waals surface area contributed by atoms with E-state index in [9.17, 15) is 9.59 Å². The Labute approximate surface area is 202 Å². The van der Waals surface area contributed by atoms with Gasteiger partial charge in [0.1, 0.15) is 17.1 Å². The number of nitrogens with zero attached hydrogens (tertiary/aromatic N) is 3. The molecule has 2 aromatic carbocycles. The van der Waals surface area contributed by atoms with Gasteiger partial charge in [0.15, 0.2) is 23.0 Å². The number of azo groups is 1. The number of methoxy groups -OCH3 is 2. The largest absolute Gasteiger partial charge is 0.497 e. The Balaban J connectivity index is 2.43. The predicted octanol–water partition coefficient (Wildman–Crippen LogP) is 5.38. The minimum atomic E-state index is -1.53. The van der Waals surface area contributed by atoms with E-state index in [4.69, 9.17) is 42.3 Å². The molecule has 0 aliphatic rings. The fraction of sp³-hybridized carbons (Fsp3) is 0.364. The van der Waals surface area contributed by atoms with E-state index in [1.165, 1.54) is 27.2 Å². The van der Waals surface area contributed by atoms with Crippen molar-refractivity contribution in [3.05, 3.63) is 35.4 Å². The van der Waals surface area contributed by atoms with Crippen LogP contribution in [0.4, 0.5) is 11.4 Å². The van der Waals surface area contributed by atoms with Crippen LogP contribution in [0.1, 0.15) is 20.8 Å². The second-order valence-electron chi connectivity index (χ2n) is 6.48. The van der Waals surface area contributed by atoms with E-state index in [2.05, 4.69) is 10.2 Å². The molecule has 0 saturated heterocycles. The van der Waals surface area contributed by atoms with Crippen LogP contribution >= 0.6 is 23.4 Å². The summed E-state index contributed by atoms with van der Waals surface area (Å²) < 4.78 is 22.4. The number of ketones is 1. The number of para-hydroxylation sites is 1. The highest BCUT2D eigenvalue weighted by atomic mass is 35.5. The highest BCUT2D eigenvalue weighted by molar-refractivity contribution is 6.39. The van der Waals surface area contributed by atoms with Crippen LogP contribution in [0.25, 0.3) is 0 Å². The molecule has 33 heavy (non-hydrogen) atoms. The molecule has 0 aromatic heterocycles. The van der Waals surface area contributed by atoms with Crippen molar-refractivity contribution in [2.24, 2.45) is 10.2 Å². The minimum Gasteiger partial charge on any atom is -0.497 e. The van der Waals surface area contributed by atoms with E-state index in [0.717, 1.165) is 4.42 Å². The van der Waals surface area contributed by atoms with E-state index >= 15 is 0 Å². The zero-order valence-corrected chi connectivity index (χ0v) is 20.4. The van der Waals surface area contributed by atoms with E-state index in [1.807, 2.05) is 6.92 Å². The number of benzene rings is 2. The predicted molar refractivity (Wildman–Crippen MR) is 126 cm³/mol. The second-order valence-corrected chi connectivity index (χ2v) is 7.22. The third-order valence-corrected chi connectivity index (χ3v) is 4.94. The SMILES string of the molecule is CCOc1cccc(N(Cl)C(=O)C(N=Nc2c(Cl)cc(OC)cc2OC)C(C)=O)c1OCC. The minimum absolute atomic E-state index is 0.133. The van der Waals surface area contributed by atoms with Gasteiger partial charge < -0.3 is 18.9 Å². The summed E-state index contributed by atoms with van der Waals surface area (Å²) in [5, 5.41) is 8.09. The van der Waals surface area contributed by atoms with Gasteiger partial charge in [-0.2, -0.15) is 5.11 Å². The van der Waals surface area contributed by atoms with Crippen molar-refractivity contribution in [2.75, 3.05) is 31.9 Å². The van der Waals surface area contributed by atoms with Crippen molar-refractivity contribution in [3.8, 4) is 23.0 Å². The molecule has 2 rings (SSSR count). The van der Waals surface area contributed by atoms with Crippen molar-refractivity contribution in [3.63, 3.8) is 0 Å². The normalized spacial score (nSPS) is 11.7. The van der Waals surface area contributed by atoms with Crippen molar-refractivity contribution < 1.29 is 28.5 Å².